The van der Waals surface area contributed by atoms with Crippen LogP contribution in [0.3, 0.4) is 0 Å². The predicted octanol–water partition coefficient (Wildman–Crippen LogP) is 4.18. The SMILES string of the molecule is CCCC(=O)N(C)C(OC)c1ccc(/C(N)=N/O)cc1.CCCC(=O)N(C)C(OC)c1ccc(C#N)cc1.NOCl. The third-order valence-corrected chi connectivity index (χ3v) is 5.79. The first-order valence-corrected chi connectivity index (χ1v) is 13.0. The van der Waals surface area contributed by atoms with E-state index in [0.717, 1.165) is 24.0 Å². The maximum Gasteiger partial charge on any atom is 0.224 e. The van der Waals surface area contributed by atoms with E-state index >= 15 is 0 Å². The summed E-state index contributed by atoms with van der Waals surface area (Å²) in [5.74, 6) is 4.23. The molecule has 0 fully saturated rings. The van der Waals surface area contributed by atoms with Gasteiger partial charge in [-0.25, -0.2) is 0 Å². The van der Waals surface area contributed by atoms with Crippen LogP contribution in [0.2, 0.25) is 0 Å². The zero-order valence-corrected chi connectivity index (χ0v) is 25.2. The van der Waals surface area contributed by atoms with Crippen LogP contribution in [0.1, 0.15) is 74.2 Å². The third-order valence-electron chi connectivity index (χ3n) is 5.79. The van der Waals surface area contributed by atoms with E-state index in [0.29, 0.717) is 24.0 Å². The highest BCUT2D eigenvalue weighted by molar-refractivity contribution is 6.07. The molecule has 2 aromatic rings. The van der Waals surface area contributed by atoms with Gasteiger partial charge < -0.3 is 30.2 Å². The number of nitriles is 1. The molecule has 2 aromatic carbocycles. The highest BCUT2D eigenvalue weighted by Crippen LogP contribution is 2.22. The fourth-order valence-corrected chi connectivity index (χ4v) is 3.68. The molecule has 0 saturated heterocycles. The smallest absolute Gasteiger partial charge is 0.224 e. The highest BCUT2D eigenvalue weighted by atomic mass is 35.5. The monoisotopic (exact) mass is 592 g/mol. The van der Waals surface area contributed by atoms with Crippen LogP contribution in [0.15, 0.2) is 53.7 Å². The molecule has 0 radical (unpaired) electrons. The number of nitrogens with zero attached hydrogens (tertiary/aromatic N) is 4. The molecule has 0 spiro atoms. The van der Waals surface area contributed by atoms with Crippen LogP contribution in [0.25, 0.3) is 0 Å². The van der Waals surface area contributed by atoms with Crippen molar-refractivity contribution in [2.24, 2.45) is 16.8 Å². The lowest BCUT2D eigenvalue weighted by Crippen LogP contribution is -2.32. The average molecular weight is 593 g/mol. The van der Waals surface area contributed by atoms with E-state index < -0.39 is 12.5 Å². The number of ether oxygens (including phenoxy) is 2. The lowest BCUT2D eigenvalue weighted by atomic mass is 10.1. The number of oxime groups is 1. The minimum atomic E-state index is -0.449. The van der Waals surface area contributed by atoms with E-state index in [4.69, 9.17) is 25.7 Å². The van der Waals surface area contributed by atoms with Crippen molar-refractivity contribution >= 4 is 29.5 Å². The van der Waals surface area contributed by atoms with Gasteiger partial charge in [-0.15, -0.1) is 0 Å². The number of rotatable bonds is 11. The number of carbonyl (C=O) groups excluding carboxylic acids is 2. The molecule has 0 aliphatic carbocycles. The van der Waals surface area contributed by atoms with Gasteiger partial charge in [-0.3, -0.25) is 9.59 Å². The van der Waals surface area contributed by atoms with Gasteiger partial charge in [-0.05, 0) is 25.0 Å². The molecule has 13 heteroatoms. The maximum absolute atomic E-state index is 11.9. The average Bonchev–Trinajstić information content (AvgIpc) is 2.99. The lowest BCUT2D eigenvalue weighted by Gasteiger charge is -2.27. The number of hydrogen-bond acceptors (Lipinski definition) is 9. The fraction of sp³-hybridized carbons (Fsp3) is 0.429. The Hall–Kier alpha value is -3.73. The molecular weight excluding hydrogens is 552 g/mol. The number of carbonyl (C=O) groups is 2. The summed E-state index contributed by atoms with van der Waals surface area (Å²) in [6.45, 7) is 3.93. The molecule has 0 bridgehead atoms. The summed E-state index contributed by atoms with van der Waals surface area (Å²) in [4.78, 5) is 26.9. The number of amides is 2. The van der Waals surface area contributed by atoms with E-state index in [-0.39, 0.29) is 17.6 Å². The van der Waals surface area contributed by atoms with Gasteiger partial charge in [-0.1, -0.05) is 55.4 Å². The van der Waals surface area contributed by atoms with Crippen LogP contribution in [-0.2, 0) is 23.5 Å². The normalized spacial score (nSPS) is 11.9. The second kappa shape index (κ2) is 21.1. The van der Waals surface area contributed by atoms with E-state index in [1.807, 2.05) is 26.0 Å². The van der Waals surface area contributed by atoms with Gasteiger partial charge in [0.25, 0.3) is 0 Å². The molecule has 2 atom stereocenters. The summed E-state index contributed by atoms with van der Waals surface area (Å²) in [6, 6.07) is 16.1. The van der Waals surface area contributed by atoms with Crippen LogP contribution in [0.5, 0.6) is 0 Å². The molecule has 2 rings (SSSR count). The van der Waals surface area contributed by atoms with Gasteiger partial charge in [0.05, 0.1) is 23.5 Å². The van der Waals surface area contributed by atoms with Crippen molar-refractivity contribution in [3.8, 4) is 6.07 Å². The van der Waals surface area contributed by atoms with Crippen molar-refractivity contribution in [1.29, 1.82) is 5.26 Å². The molecule has 0 aliphatic rings. The van der Waals surface area contributed by atoms with Crippen LogP contribution in [0.4, 0.5) is 0 Å². The minimum absolute atomic E-state index is 0.0276. The summed E-state index contributed by atoms with van der Waals surface area (Å²) in [5, 5.41) is 20.3. The Morgan fingerprint density at radius 1 is 0.927 bits per heavy atom. The fourth-order valence-electron chi connectivity index (χ4n) is 3.68. The third kappa shape index (κ3) is 12.5. The lowest BCUT2D eigenvalue weighted by molar-refractivity contribution is -0.142. The van der Waals surface area contributed by atoms with Gasteiger partial charge in [0.15, 0.2) is 18.3 Å². The first-order valence-electron chi connectivity index (χ1n) is 12.7. The standard InChI is InChI=1S/C14H21N3O3.C14H18N2O2.ClH2NO/c1-4-5-12(18)17(2)14(20-3)11-8-6-10(7-9-11)13(15)16-19;1-4-5-13(17)16(2)14(18-3)12-8-6-11(10-15)7-9-12;1-3-2/h6-9,14,19H,4-5H2,1-3H3,(H2,15,16);6-9,14H,4-5H2,1-3H3;2H2. The topological polar surface area (TPSA) is 177 Å². The van der Waals surface area contributed by atoms with Gasteiger partial charge >= 0.3 is 0 Å². The molecule has 0 aromatic heterocycles. The van der Waals surface area contributed by atoms with E-state index in [9.17, 15) is 9.59 Å². The zero-order valence-electron chi connectivity index (χ0n) is 24.4. The number of benzene rings is 2. The Morgan fingerprint density at radius 2 is 1.29 bits per heavy atom. The first kappa shape index (κ1) is 37.3. The second-order valence-electron chi connectivity index (χ2n) is 8.62. The Balaban J connectivity index is 0.000000715. The van der Waals surface area contributed by atoms with Crippen molar-refractivity contribution in [1.82, 2.24) is 9.80 Å². The number of halogens is 1. The molecule has 5 N–H and O–H groups in total. The summed E-state index contributed by atoms with van der Waals surface area (Å²) < 4.78 is 14.0. The number of methoxy groups -OCH3 is 2. The minimum Gasteiger partial charge on any atom is -0.409 e. The van der Waals surface area contributed by atoms with Crippen molar-refractivity contribution in [2.45, 2.75) is 52.0 Å². The summed E-state index contributed by atoms with van der Waals surface area (Å²) in [7, 11) is 6.56. The van der Waals surface area contributed by atoms with Crippen LogP contribution in [0, 0.1) is 11.3 Å². The van der Waals surface area contributed by atoms with E-state index in [1.54, 1.807) is 74.5 Å². The van der Waals surface area contributed by atoms with Gasteiger partial charge in [0.1, 0.15) is 0 Å². The molecule has 2 amide bonds. The van der Waals surface area contributed by atoms with Crippen molar-refractivity contribution in [3.63, 3.8) is 0 Å². The predicted molar refractivity (Wildman–Crippen MR) is 156 cm³/mol. The van der Waals surface area contributed by atoms with Gasteiger partial charge in [-0.2, -0.15) is 15.5 Å². The quantitative estimate of drug-likeness (QED) is 0.113. The number of amidine groups is 1. The van der Waals surface area contributed by atoms with Crippen LogP contribution in [-0.4, -0.2) is 61.0 Å². The number of nitrogens with two attached hydrogens (primary N) is 2. The van der Waals surface area contributed by atoms with Crippen LogP contribution >= 0.6 is 11.9 Å². The van der Waals surface area contributed by atoms with E-state index in [1.165, 1.54) is 0 Å². The Kier molecular flexibility index (Phi) is 19.2. The van der Waals surface area contributed by atoms with Crippen molar-refractivity contribution in [3.05, 3.63) is 70.8 Å². The first-order chi connectivity index (χ1) is 19.6. The summed E-state index contributed by atoms with van der Waals surface area (Å²) in [6.07, 6.45) is 1.74. The maximum atomic E-state index is 11.9. The van der Waals surface area contributed by atoms with Gasteiger partial charge in [0.2, 0.25) is 11.8 Å². The highest BCUT2D eigenvalue weighted by Gasteiger charge is 2.21. The molecule has 0 saturated carbocycles. The molecule has 0 aliphatic heterocycles. The van der Waals surface area contributed by atoms with Crippen molar-refractivity contribution in [2.75, 3.05) is 28.3 Å². The van der Waals surface area contributed by atoms with Crippen molar-refractivity contribution < 1.29 is 28.7 Å². The largest absolute Gasteiger partial charge is 0.409 e. The second-order valence-corrected chi connectivity index (χ2v) is 8.79. The van der Waals surface area contributed by atoms with Crippen LogP contribution < -0.4 is 11.6 Å². The molecule has 12 nitrogen and oxygen atoms in total. The van der Waals surface area contributed by atoms with E-state index in [2.05, 4.69) is 33.4 Å². The number of hydrogen-bond donors (Lipinski definition) is 3. The van der Waals surface area contributed by atoms with Gasteiger partial charge in [0, 0.05) is 57.8 Å². The Bertz CT molecular complexity index is 1110. The summed E-state index contributed by atoms with van der Waals surface area (Å²) >= 11 is 4.28. The molecule has 2 unspecified atom stereocenters. The summed E-state index contributed by atoms with van der Waals surface area (Å²) in [5.41, 5.74) is 8.40. The Morgan fingerprint density at radius 3 is 1.59 bits per heavy atom. The Labute approximate surface area is 247 Å². The molecule has 41 heavy (non-hydrogen) atoms. The molecule has 0 heterocycles. The zero-order chi connectivity index (χ0) is 31.4. The molecular formula is C28H41ClN6O6. The molecule has 226 valence electrons.